The number of carbonyl (C=O) groups excluding carboxylic acids is 1. The van der Waals surface area contributed by atoms with E-state index >= 15 is 0 Å². The van der Waals surface area contributed by atoms with Crippen LogP contribution in [-0.4, -0.2) is 64.7 Å². The number of benzene rings is 1. The van der Waals surface area contributed by atoms with Crippen LogP contribution in [0.25, 0.3) is 0 Å². The summed E-state index contributed by atoms with van der Waals surface area (Å²) in [6.07, 6.45) is 8.77. The summed E-state index contributed by atoms with van der Waals surface area (Å²) >= 11 is 0. The van der Waals surface area contributed by atoms with Gasteiger partial charge in [0.05, 0.1) is 17.8 Å². The number of anilines is 2. The quantitative estimate of drug-likeness (QED) is 0.531. The number of likely N-dealkylation sites (tertiary alicyclic amines) is 1. The molecule has 4 aliphatic rings. The Morgan fingerprint density at radius 3 is 2.68 bits per heavy atom. The van der Waals surface area contributed by atoms with E-state index in [9.17, 15) is 9.90 Å². The minimum Gasteiger partial charge on any atom is -0.384 e. The number of guanidine groups is 1. The van der Waals surface area contributed by atoms with Crippen LogP contribution in [-0.2, 0) is 10.4 Å². The number of piperidine rings is 1. The predicted molar refractivity (Wildman–Crippen MR) is 148 cm³/mol. The molecule has 198 valence electrons. The van der Waals surface area contributed by atoms with Gasteiger partial charge in [-0.3, -0.25) is 4.79 Å². The molecule has 6 rings (SSSR count). The van der Waals surface area contributed by atoms with E-state index < -0.39 is 11.8 Å². The van der Waals surface area contributed by atoms with E-state index in [0.29, 0.717) is 48.3 Å². The highest BCUT2D eigenvalue weighted by atomic mass is 16.3. The number of carbonyl (C=O) groups is 1. The molecule has 2 fully saturated rings. The van der Waals surface area contributed by atoms with Gasteiger partial charge in [-0.2, -0.15) is 0 Å². The van der Waals surface area contributed by atoms with Gasteiger partial charge in [0.2, 0.25) is 5.96 Å². The van der Waals surface area contributed by atoms with Crippen molar-refractivity contribution in [1.29, 1.82) is 0 Å². The third-order valence-corrected chi connectivity index (χ3v) is 8.01. The molecule has 4 aliphatic heterocycles. The van der Waals surface area contributed by atoms with E-state index in [2.05, 4.69) is 51.8 Å². The maximum Gasteiger partial charge on any atom is 0.274 e. The minimum absolute atomic E-state index is 0.115. The molecule has 3 N–H and O–H groups in total. The topological polar surface area (TPSA) is 96.3 Å². The van der Waals surface area contributed by atoms with Crippen LogP contribution in [0.15, 0.2) is 71.4 Å². The molecule has 2 unspecified atom stereocenters. The number of rotatable bonds is 2. The number of nitrogens with one attached hydrogen (secondary N) is 2. The van der Waals surface area contributed by atoms with Gasteiger partial charge in [-0.15, -0.1) is 0 Å². The highest BCUT2D eigenvalue weighted by molar-refractivity contribution is 6.04. The lowest BCUT2D eigenvalue weighted by Gasteiger charge is -2.34. The Morgan fingerprint density at radius 1 is 1.11 bits per heavy atom. The van der Waals surface area contributed by atoms with Crippen molar-refractivity contribution in [2.45, 2.75) is 50.3 Å². The Kier molecular flexibility index (Phi) is 6.41. The summed E-state index contributed by atoms with van der Waals surface area (Å²) in [4.78, 5) is 25.1. The van der Waals surface area contributed by atoms with Crippen molar-refractivity contribution in [2.24, 2.45) is 4.99 Å². The fourth-order valence-electron chi connectivity index (χ4n) is 5.65. The lowest BCUT2D eigenvalue weighted by Crippen LogP contribution is -2.53. The molecule has 0 radical (unpaired) electrons. The Balaban J connectivity index is 1.23. The number of aliphatic imine (C=N–C) groups is 1. The molecule has 2 saturated heterocycles. The van der Waals surface area contributed by atoms with E-state index in [1.54, 1.807) is 18.1 Å². The first kappa shape index (κ1) is 24.6. The van der Waals surface area contributed by atoms with Crippen LogP contribution in [0.5, 0.6) is 0 Å². The van der Waals surface area contributed by atoms with Crippen LogP contribution in [0, 0.1) is 0 Å². The zero-order valence-corrected chi connectivity index (χ0v) is 22.0. The predicted octanol–water partition coefficient (Wildman–Crippen LogP) is 3.29. The summed E-state index contributed by atoms with van der Waals surface area (Å²) in [5.74, 6) is 1.65. The molecule has 9 nitrogen and oxygen atoms in total. The average molecular weight is 514 g/mol. The van der Waals surface area contributed by atoms with Gasteiger partial charge in [0.15, 0.2) is 6.17 Å². The van der Waals surface area contributed by atoms with Crippen LogP contribution >= 0.6 is 0 Å². The molecule has 0 spiro atoms. The number of fused-ring (bicyclic) bond motifs is 6. The first-order valence-corrected chi connectivity index (χ1v) is 13.4. The Hall–Kier alpha value is -3.69. The molecule has 2 bridgehead atoms. The van der Waals surface area contributed by atoms with Crippen LogP contribution in [0.4, 0.5) is 11.5 Å². The Labute approximate surface area is 223 Å². The molecule has 38 heavy (non-hydrogen) atoms. The van der Waals surface area contributed by atoms with E-state index in [4.69, 9.17) is 4.98 Å². The third kappa shape index (κ3) is 4.68. The highest BCUT2D eigenvalue weighted by Crippen LogP contribution is 2.34. The van der Waals surface area contributed by atoms with Gasteiger partial charge < -0.3 is 20.6 Å². The third-order valence-electron chi connectivity index (χ3n) is 8.01. The number of aromatic nitrogens is 1. The SMILES string of the molecule is CN1CCC(c2ccc(NC3=NC=C4C(=O)N5C/C=C\CCC(C)(O)c6cccc(n6)N5C4N3)cc2)CC1. The van der Waals surface area contributed by atoms with Gasteiger partial charge >= 0.3 is 0 Å². The first-order chi connectivity index (χ1) is 18.4. The summed E-state index contributed by atoms with van der Waals surface area (Å²) in [5.41, 5.74) is 2.38. The summed E-state index contributed by atoms with van der Waals surface area (Å²) in [5, 5.41) is 21.4. The number of hydrogen-bond donors (Lipinski definition) is 3. The van der Waals surface area contributed by atoms with Crippen LogP contribution in [0.2, 0.25) is 0 Å². The maximum absolute atomic E-state index is 13.4. The lowest BCUT2D eigenvalue weighted by molar-refractivity contribution is -0.124. The van der Waals surface area contributed by atoms with Gasteiger partial charge in [0.1, 0.15) is 11.4 Å². The molecular weight excluding hydrogens is 478 g/mol. The van der Waals surface area contributed by atoms with Crippen molar-refractivity contribution in [3.8, 4) is 0 Å². The molecule has 1 aromatic carbocycles. The molecule has 0 saturated carbocycles. The summed E-state index contributed by atoms with van der Waals surface area (Å²) < 4.78 is 0. The van der Waals surface area contributed by atoms with Crippen molar-refractivity contribution in [1.82, 2.24) is 20.2 Å². The minimum atomic E-state index is -1.06. The monoisotopic (exact) mass is 513 g/mol. The second-order valence-electron chi connectivity index (χ2n) is 10.8. The van der Waals surface area contributed by atoms with E-state index in [1.165, 1.54) is 18.4 Å². The molecule has 9 heteroatoms. The molecule has 0 aliphatic carbocycles. The van der Waals surface area contributed by atoms with Crippen molar-refractivity contribution in [3.63, 3.8) is 0 Å². The average Bonchev–Trinajstić information content (AvgIpc) is 3.19. The number of hydrogen-bond acceptors (Lipinski definition) is 8. The Bertz CT molecular complexity index is 1290. The van der Waals surface area contributed by atoms with Gasteiger partial charge in [0, 0.05) is 11.9 Å². The number of nitrogens with zero attached hydrogens (tertiary/aromatic N) is 5. The van der Waals surface area contributed by atoms with E-state index in [-0.39, 0.29) is 5.91 Å². The normalized spacial score (nSPS) is 26.9. The number of amides is 1. The Morgan fingerprint density at radius 2 is 1.89 bits per heavy atom. The second kappa shape index (κ2) is 9.89. The molecular formula is C29H35N7O2. The summed E-state index contributed by atoms with van der Waals surface area (Å²) in [6, 6.07) is 14.2. The van der Waals surface area contributed by atoms with Gasteiger partial charge in [-0.05, 0) is 88.5 Å². The fourth-order valence-corrected chi connectivity index (χ4v) is 5.65. The molecule has 1 aromatic heterocycles. The number of hydrazine groups is 1. The number of allylic oxidation sites excluding steroid dienone is 1. The van der Waals surface area contributed by atoms with Crippen LogP contribution in [0.3, 0.4) is 0 Å². The van der Waals surface area contributed by atoms with Crippen molar-refractivity contribution in [3.05, 3.63) is 77.6 Å². The number of pyridine rings is 1. The van der Waals surface area contributed by atoms with Gasteiger partial charge in [-0.1, -0.05) is 30.4 Å². The molecule has 2 atom stereocenters. The lowest BCUT2D eigenvalue weighted by atomic mass is 9.89. The zero-order chi connectivity index (χ0) is 26.3. The second-order valence-corrected chi connectivity index (χ2v) is 10.8. The zero-order valence-electron chi connectivity index (χ0n) is 22.0. The van der Waals surface area contributed by atoms with Crippen LogP contribution in [0.1, 0.15) is 49.8 Å². The molecule has 5 heterocycles. The van der Waals surface area contributed by atoms with Gasteiger partial charge in [-0.25, -0.2) is 20.0 Å². The fraction of sp³-hybridized carbons (Fsp3) is 0.414. The molecule has 1 amide bonds. The smallest absolute Gasteiger partial charge is 0.274 e. The standard InChI is InChI=1S/C29H35N7O2/c1-29(38)15-4-3-5-16-35-27(37)23-19-30-28(33-26(23)36(35)25-8-6-7-24(29)32-25)31-22-11-9-20(10-12-22)21-13-17-34(2)18-14-21/h3,5-12,19,21,26,38H,4,13-18H2,1-2H3,(H2,30,31,33)/b5-3-. The number of aliphatic hydroxyl groups is 1. The van der Waals surface area contributed by atoms with Gasteiger partial charge in [0.25, 0.3) is 5.91 Å². The van der Waals surface area contributed by atoms with E-state index in [0.717, 1.165) is 18.8 Å². The van der Waals surface area contributed by atoms with Crippen molar-refractivity contribution >= 4 is 23.4 Å². The van der Waals surface area contributed by atoms with E-state index in [1.807, 2.05) is 35.4 Å². The first-order valence-electron chi connectivity index (χ1n) is 13.4. The van der Waals surface area contributed by atoms with Crippen LogP contribution < -0.4 is 15.6 Å². The summed E-state index contributed by atoms with van der Waals surface area (Å²) in [7, 11) is 2.18. The largest absolute Gasteiger partial charge is 0.384 e. The molecule has 2 aromatic rings. The highest BCUT2D eigenvalue weighted by Gasteiger charge is 2.45. The van der Waals surface area contributed by atoms with Crippen molar-refractivity contribution < 1.29 is 9.90 Å². The summed E-state index contributed by atoms with van der Waals surface area (Å²) in [6.45, 7) is 4.47. The van der Waals surface area contributed by atoms with Crippen molar-refractivity contribution in [2.75, 3.05) is 37.0 Å². The maximum atomic E-state index is 13.4.